The number of ether oxygens (including phenoxy) is 1. The number of hydrogen-bond acceptors (Lipinski definition) is 5. The number of carboxylic acid groups (broad SMARTS) is 1. The number of para-hydroxylation sites is 1. The van der Waals surface area contributed by atoms with E-state index < -0.39 is 52.4 Å². The highest BCUT2D eigenvalue weighted by Crippen LogP contribution is 2.52. The molecule has 3 aromatic rings. The number of carbonyl (C=O) groups is 2. The second-order valence-corrected chi connectivity index (χ2v) is 10.9. The van der Waals surface area contributed by atoms with Crippen LogP contribution in [0.25, 0.3) is 0 Å². The number of nitriles is 1. The maximum Gasteiger partial charge on any atom is 0.321 e. The number of aliphatic carboxylic acids is 1. The van der Waals surface area contributed by atoms with Crippen LogP contribution in [0.5, 0.6) is 5.75 Å². The largest absolute Gasteiger partial charge is 0.480 e. The summed E-state index contributed by atoms with van der Waals surface area (Å²) in [5.41, 5.74) is -3.64. The first-order valence-corrected chi connectivity index (χ1v) is 12.7. The van der Waals surface area contributed by atoms with Crippen molar-refractivity contribution in [2.24, 2.45) is 5.41 Å². The highest BCUT2D eigenvalue weighted by atomic mass is 35.5. The van der Waals surface area contributed by atoms with Gasteiger partial charge in [0.25, 0.3) is 0 Å². The molecule has 4 rings (SSSR count). The number of benzene rings is 3. The molecule has 1 aliphatic rings. The van der Waals surface area contributed by atoms with Gasteiger partial charge in [-0.05, 0) is 56.2 Å². The van der Waals surface area contributed by atoms with Crippen LogP contribution in [0.15, 0.2) is 66.7 Å². The zero-order chi connectivity index (χ0) is 28.5. The Labute approximate surface area is 234 Å². The molecule has 4 atom stereocenters. The summed E-state index contributed by atoms with van der Waals surface area (Å²) < 4.78 is 36.5. The smallest absolute Gasteiger partial charge is 0.321 e. The van der Waals surface area contributed by atoms with Crippen molar-refractivity contribution in [3.05, 3.63) is 99.5 Å². The third kappa shape index (κ3) is 5.22. The molecule has 6 nitrogen and oxygen atoms in total. The molecular weight excluding hydrogens is 549 g/mol. The molecular formula is C29H24Cl2F2N2O4. The lowest BCUT2D eigenvalue weighted by Gasteiger charge is -2.37. The molecule has 10 heteroatoms. The van der Waals surface area contributed by atoms with E-state index in [0.29, 0.717) is 5.75 Å². The van der Waals surface area contributed by atoms with Crippen molar-refractivity contribution in [3.8, 4) is 11.8 Å². The minimum atomic E-state index is -1.99. The topological polar surface area (TPSA) is 99.4 Å². The summed E-state index contributed by atoms with van der Waals surface area (Å²) in [6.45, 7) is 3.15. The average Bonchev–Trinajstić information content (AvgIpc) is 3.20. The molecule has 2 N–H and O–H groups in total. The van der Waals surface area contributed by atoms with Gasteiger partial charge in [-0.25, -0.2) is 8.78 Å². The monoisotopic (exact) mass is 572 g/mol. The Morgan fingerprint density at radius 2 is 1.79 bits per heavy atom. The molecule has 3 aromatic carbocycles. The van der Waals surface area contributed by atoms with Gasteiger partial charge >= 0.3 is 11.9 Å². The van der Waals surface area contributed by atoms with Crippen LogP contribution in [0.1, 0.15) is 37.3 Å². The summed E-state index contributed by atoms with van der Waals surface area (Å²) >= 11 is 12.0. The van der Waals surface area contributed by atoms with E-state index in [4.69, 9.17) is 27.9 Å². The van der Waals surface area contributed by atoms with E-state index >= 15 is 8.78 Å². The summed E-state index contributed by atoms with van der Waals surface area (Å²) in [6.07, 6.45) is -0.156. The molecule has 0 radical (unpaired) electrons. The van der Waals surface area contributed by atoms with Crippen LogP contribution >= 0.6 is 23.2 Å². The van der Waals surface area contributed by atoms with E-state index in [9.17, 15) is 20.0 Å². The minimum absolute atomic E-state index is 0.0545. The fourth-order valence-corrected chi connectivity index (χ4v) is 5.60. The molecule has 0 aromatic heterocycles. The van der Waals surface area contributed by atoms with Gasteiger partial charge in [0.1, 0.15) is 28.8 Å². The highest BCUT2D eigenvalue weighted by Gasteiger charge is 2.62. The molecule has 1 aliphatic heterocycles. The molecule has 0 amide bonds. The third-order valence-corrected chi connectivity index (χ3v) is 7.65. The number of rotatable bonds is 7. The number of carboxylic acids is 1. The molecule has 0 saturated carbocycles. The van der Waals surface area contributed by atoms with Gasteiger partial charge in [0.2, 0.25) is 0 Å². The van der Waals surface area contributed by atoms with Gasteiger partial charge in [0.05, 0.1) is 16.5 Å². The Morgan fingerprint density at radius 3 is 2.41 bits per heavy atom. The van der Waals surface area contributed by atoms with E-state index in [0.717, 1.165) is 6.07 Å². The van der Waals surface area contributed by atoms with Crippen LogP contribution in [0.4, 0.5) is 8.78 Å². The number of hydrogen-bond donors (Lipinski definition) is 2. The maximum absolute atomic E-state index is 15.6. The lowest BCUT2D eigenvalue weighted by atomic mass is 9.62. The Bertz CT molecular complexity index is 1460. The SMILES string of the molecule is CC(C)(C[C@@H]1N[C@@H](C(=O)O)[C@H](c2cccc(Cl)c2F)[C@@]1(C#N)c1ccc(Cl)cc1F)C(=O)Oc1ccccc1. The molecule has 0 spiro atoms. The summed E-state index contributed by atoms with van der Waals surface area (Å²) in [4.78, 5) is 25.7. The lowest BCUT2D eigenvalue weighted by Crippen LogP contribution is -2.47. The minimum Gasteiger partial charge on any atom is -0.480 e. The lowest BCUT2D eigenvalue weighted by molar-refractivity contribution is -0.144. The summed E-state index contributed by atoms with van der Waals surface area (Å²) in [5, 5.41) is 23.6. The van der Waals surface area contributed by atoms with Crippen LogP contribution in [0.2, 0.25) is 10.0 Å². The van der Waals surface area contributed by atoms with Crippen molar-refractivity contribution >= 4 is 35.1 Å². The standard InChI is InChI=1S/C29H24Cl2F2N2O4/c1-28(2,27(38)39-17-7-4-3-5-8-17)14-22-29(15-34,19-12-11-16(30)13-21(19)32)23(25(35-22)26(36)37)18-9-6-10-20(31)24(18)33/h3-13,22-23,25,35H,14H2,1-2H3,(H,36,37)/t22-,23-,25+,29-/m0/s1. The third-order valence-electron chi connectivity index (χ3n) is 7.12. The molecule has 202 valence electrons. The van der Waals surface area contributed by atoms with Crippen molar-refractivity contribution in [1.29, 1.82) is 5.26 Å². The van der Waals surface area contributed by atoms with E-state index in [1.807, 2.05) is 0 Å². The van der Waals surface area contributed by atoms with Crippen molar-refractivity contribution in [1.82, 2.24) is 5.32 Å². The van der Waals surface area contributed by atoms with Gasteiger partial charge in [-0.2, -0.15) is 5.26 Å². The maximum atomic E-state index is 15.6. The Morgan fingerprint density at radius 1 is 1.10 bits per heavy atom. The Hall–Kier alpha value is -3.51. The summed E-state index contributed by atoms with van der Waals surface area (Å²) in [7, 11) is 0. The molecule has 0 aliphatic carbocycles. The molecule has 39 heavy (non-hydrogen) atoms. The van der Waals surface area contributed by atoms with Gasteiger partial charge in [0, 0.05) is 22.5 Å². The fourth-order valence-electron chi connectivity index (χ4n) is 5.26. The summed E-state index contributed by atoms with van der Waals surface area (Å²) in [6, 6.07) is 15.5. The van der Waals surface area contributed by atoms with E-state index in [1.54, 1.807) is 44.2 Å². The highest BCUT2D eigenvalue weighted by molar-refractivity contribution is 6.31. The van der Waals surface area contributed by atoms with Gasteiger partial charge in [-0.3, -0.25) is 14.9 Å². The first-order chi connectivity index (χ1) is 18.4. The van der Waals surface area contributed by atoms with Crippen molar-refractivity contribution in [2.45, 2.75) is 43.7 Å². The van der Waals surface area contributed by atoms with Crippen molar-refractivity contribution in [2.75, 3.05) is 0 Å². The fraction of sp³-hybridized carbons (Fsp3) is 0.276. The molecule has 1 heterocycles. The van der Waals surface area contributed by atoms with Crippen molar-refractivity contribution < 1.29 is 28.2 Å². The second-order valence-electron chi connectivity index (χ2n) is 10.1. The average molecular weight is 573 g/mol. The number of carbonyl (C=O) groups excluding carboxylic acids is 1. The number of halogens is 4. The second kappa shape index (κ2) is 10.9. The van der Waals surface area contributed by atoms with Gasteiger partial charge in [-0.1, -0.05) is 59.6 Å². The van der Waals surface area contributed by atoms with E-state index in [2.05, 4.69) is 11.4 Å². The number of nitrogens with one attached hydrogen (secondary N) is 1. The molecule has 0 bridgehead atoms. The zero-order valence-electron chi connectivity index (χ0n) is 20.9. The number of nitrogens with zero attached hydrogens (tertiary/aromatic N) is 1. The van der Waals surface area contributed by atoms with E-state index in [-0.39, 0.29) is 27.6 Å². The van der Waals surface area contributed by atoms with Crippen LogP contribution in [0.3, 0.4) is 0 Å². The predicted octanol–water partition coefficient (Wildman–Crippen LogP) is 6.26. The van der Waals surface area contributed by atoms with Crippen LogP contribution < -0.4 is 10.1 Å². The normalized spacial score (nSPS) is 22.7. The first kappa shape index (κ1) is 28.5. The molecule has 1 saturated heterocycles. The number of esters is 1. The Kier molecular flexibility index (Phi) is 7.99. The Balaban J connectivity index is 1.89. The zero-order valence-corrected chi connectivity index (χ0v) is 22.4. The van der Waals surface area contributed by atoms with E-state index in [1.165, 1.54) is 30.3 Å². The molecule has 1 fully saturated rings. The van der Waals surface area contributed by atoms with Gasteiger partial charge in [-0.15, -0.1) is 0 Å². The first-order valence-electron chi connectivity index (χ1n) is 12.0. The predicted molar refractivity (Wildman–Crippen MR) is 142 cm³/mol. The quantitative estimate of drug-likeness (QED) is 0.256. The summed E-state index contributed by atoms with van der Waals surface area (Å²) in [5.74, 6) is -4.97. The van der Waals surface area contributed by atoms with Gasteiger partial charge in [0.15, 0.2) is 0 Å². The van der Waals surface area contributed by atoms with Crippen molar-refractivity contribution in [3.63, 3.8) is 0 Å². The van der Waals surface area contributed by atoms with Crippen LogP contribution in [-0.2, 0) is 15.0 Å². The van der Waals surface area contributed by atoms with Gasteiger partial charge < -0.3 is 9.84 Å². The van der Waals surface area contributed by atoms with Crippen LogP contribution in [-0.4, -0.2) is 29.1 Å². The van der Waals surface area contributed by atoms with Crippen LogP contribution in [0, 0.1) is 28.4 Å². The molecule has 0 unspecified atom stereocenters.